The fraction of sp³-hybridized carbons (Fsp3) is 0.154. The Bertz CT molecular complexity index is 551. The van der Waals surface area contributed by atoms with Gasteiger partial charge in [-0.05, 0) is 24.3 Å². The fourth-order valence-electron chi connectivity index (χ4n) is 1.18. The zero-order valence-corrected chi connectivity index (χ0v) is 10.7. The molecule has 1 rings (SSSR count). The highest BCUT2D eigenvalue weighted by Gasteiger charge is 2.08. The van der Waals surface area contributed by atoms with Crippen LogP contribution in [0.2, 0.25) is 5.02 Å². The number of hydrogen-bond acceptors (Lipinski definition) is 4. The molecule has 0 heterocycles. The van der Waals surface area contributed by atoms with Crippen molar-refractivity contribution < 1.29 is 4.79 Å². The number of rotatable bonds is 5. The summed E-state index contributed by atoms with van der Waals surface area (Å²) >= 11 is 5.72. The van der Waals surface area contributed by atoms with Gasteiger partial charge in [-0.25, -0.2) is 0 Å². The molecule has 0 aliphatic carbocycles. The average molecular weight is 275 g/mol. The SMILES string of the molecule is N#CCCN/C=C(/C#N)C(=O)Nc1ccc(Cl)cc1. The number of anilines is 1. The lowest BCUT2D eigenvalue weighted by molar-refractivity contribution is -0.112. The maximum absolute atomic E-state index is 11.8. The van der Waals surface area contributed by atoms with Crippen LogP contribution in [-0.2, 0) is 4.79 Å². The molecule has 0 aromatic heterocycles. The van der Waals surface area contributed by atoms with Crippen molar-refractivity contribution in [1.82, 2.24) is 5.32 Å². The van der Waals surface area contributed by atoms with Crippen LogP contribution < -0.4 is 10.6 Å². The predicted octanol–water partition coefficient (Wildman–Crippen LogP) is 2.19. The van der Waals surface area contributed by atoms with Crippen LogP contribution in [0.25, 0.3) is 0 Å². The Balaban J connectivity index is 2.62. The van der Waals surface area contributed by atoms with Gasteiger partial charge in [0.15, 0.2) is 0 Å². The molecule has 0 saturated carbocycles. The molecule has 19 heavy (non-hydrogen) atoms. The van der Waals surface area contributed by atoms with E-state index in [-0.39, 0.29) is 5.57 Å². The third-order valence-electron chi connectivity index (χ3n) is 2.09. The first-order valence-electron chi connectivity index (χ1n) is 5.45. The zero-order valence-electron chi connectivity index (χ0n) is 9.98. The van der Waals surface area contributed by atoms with E-state index in [1.54, 1.807) is 30.3 Å². The molecule has 1 aromatic carbocycles. The Morgan fingerprint density at radius 2 is 2.00 bits per heavy atom. The second-order valence-electron chi connectivity index (χ2n) is 3.49. The largest absolute Gasteiger partial charge is 0.389 e. The molecule has 5 nitrogen and oxygen atoms in total. The molecule has 1 aromatic rings. The number of benzene rings is 1. The van der Waals surface area contributed by atoms with Crippen molar-refractivity contribution in [3.63, 3.8) is 0 Å². The van der Waals surface area contributed by atoms with E-state index in [1.165, 1.54) is 6.20 Å². The summed E-state index contributed by atoms with van der Waals surface area (Å²) in [6, 6.07) is 10.3. The lowest BCUT2D eigenvalue weighted by Gasteiger charge is -2.04. The summed E-state index contributed by atoms with van der Waals surface area (Å²) in [6.07, 6.45) is 1.59. The summed E-state index contributed by atoms with van der Waals surface area (Å²) < 4.78 is 0. The van der Waals surface area contributed by atoms with E-state index < -0.39 is 5.91 Å². The van der Waals surface area contributed by atoms with Gasteiger partial charge in [0.2, 0.25) is 0 Å². The molecule has 0 fully saturated rings. The van der Waals surface area contributed by atoms with Crippen molar-refractivity contribution in [2.45, 2.75) is 6.42 Å². The first kappa shape index (κ1) is 14.6. The number of carbonyl (C=O) groups is 1. The van der Waals surface area contributed by atoms with Crippen LogP contribution in [0.4, 0.5) is 5.69 Å². The van der Waals surface area contributed by atoms with Crippen LogP contribution in [-0.4, -0.2) is 12.5 Å². The maximum Gasteiger partial charge on any atom is 0.267 e. The number of amides is 1. The van der Waals surface area contributed by atoms with Crippen molar-refractivity contribution >= 4 is 23.2 Å². The van der Waals surface area contributed by atoms with Gasteiger partial charge in [0.05, 0.1) is 12.5 Å². The molecular formula is C13H11ClN4O. The molecular weight excluding hydrogens is 264 g/mol. The van der Waals surface area contributed by atoms with Gasteiger partial charge in [-0.15, -0.1) is 0 Å². The lowest BCUT2D eigenvalue weighted by atomic mass is 10.2. The first-order valence-corrected chi connectivity index (χ1v) is 5.82. The highest BCUT2D eigenvalue weighted by atomic mass is 35.5. The van der Waals surface area contributed by atoms with Crippen molar-refractivity contribution in [3.05, 3.63) is 41.1 Å². The maximum atomic E-state index is 11.8. The molecule has 0 aliphatic heterocycles. The normalized spacial score (nSPS) is 10.2. The van der Waals surface area contributed by atoms with Crippen molar-refractivity contribution in [1.29, 1.82) is 10.5 Å². The number of nitrogens with zero attached hydrogens (tertiary/aromatic N) is 2. The van der Waals surface area contributed by atoms with E-state index in [1.807, 2.05) is 6.07 Å². The van der Waals surface area contributed by atoms with Gasteiger partial charge in [0.1, 0.15) is 11.6 Å². The molecule has 0 saturated heterocycles. The van der Waals surface area contributed by atoms with Gasteiger partial charge >= 0.3 is 0 Å². The van der Waals surface area contributed by atoms with Crippen LogP contribution in [0.5, 0.6) is 0 Å². The predicted molar refractivity (Wildman–Crippen MR) is 72.0 cm³/mol. The molecule has 0 atom stereocenters. The smallest absolute Gasteiger partial charge is 0.267 e. The van der Waals surface area contributed by atoms with Gasteiger partial charge in [0, 0.05) is 23.5 Å². The standard InChI is InChI=1S/C13H11ClN4O/c14-11-2-4-12(5-3-11)18-13(19)10(8-16)9-17-7-1-6-15/h2-5,9,17H,1,7H2,(H,18,19)/b10-9-. The second-order valence-corrected chi connectivity index (χ2v) is 3.93. The Hall–Kier alpha value is -2.50. The minimum atomic E-state index is -0.519. The molecule has 0 spiro atoms. The average Bonchev–Trinajstić information content (AvgIpc) is 2.41. The zero-order chi connectivity index (χ0) is 14.1. The summed E-state index contributed by atoms with van der Waals surface area (Å²) in [6.45, 7) is 0.385. The van der Waals surface area contributed by atoms with Crippen LogP contribution in [0, 0.1) is 22.7 Å². The van der Waals surface area contributed by atoms with E-state index in [4.69, 9.17) is 22.1 Å². The number of nitriles is 2. The number of halogens is 1. The van der Waals surface area contributed by atoms with E-state index in [9.17, 15) is 4.79 Å². The van der Waals surface area contributed by atoms with Crippen LogP contribution in [0.3, 0.4) is 0 Å². The highest BCUT2D eigenvalue weighted by molar-refractivity contribution is 6.30. The topological polar surface area (TPSA) is 88.7 Å². The molecule has 2 N–H and O–H groups in total. The molecule has 6 heteroatoms. The summed E-state index contributed by atoms with van der Waals surface area (Å²) in [4.78, 5) is 11.8. The van der Waals surface area contributed by atoms with E-state index in [0.29, 0.717) is 23.7 Å². The van der Waals surface area contributed by atoms with Gasteiger partial charge in [-0.1, -0.05) is 11.6 Å². The fourth-order valence-corrected chi connectivity index (χ4v) is 1.31. The quantitative estimate of drug-likeness (QED) is 0.489. The summed E-state index contributed by atoms with van der Waals surface area (Å²) in [5, 5.41) is 23.1. The third kappa shape index (κ3) is 5.12. The van der Waals surface area contributed by atoms with Gasteiger partial charge in [-0.2, -0.15) is 10.5 Å². The summed E-state index contributed by atoms with van der Waals surface area (Å²) in [5.41, 5.74) is 0.487. The minimum absolute atomic E-state index is 0.0621. The Morgan fingerprint density at radius 1 is 1.32 bits per heavy atom. The van der Waals surface area contributed by atoms with Crippen LogP contribution >= 0.6 is 11.6 Å². The monoisotopic (exact) mass is 274 g/mol. The Morgan fingerprint density at radius 3 is 2.58 bits per heavy atom. The van der Waals surface area contributed by atoms with E-state index in [0.717, 1.165) is 0 Å². The highest BCUT2D eigenvalue weighted by Crippen LogP contribution is 2.13. The summed E-state index contributed by atoms with van der Waals surface area (Å²) in [5.74, 6) is -0.519. The lowest BCUT2D eigenvalue weighted by Crippen LogP contribution is -2.17. The van der Waals surface area contributed by atoms with Crippen LogP contribution in [0.1, 0.15) is 6.42 Å². The molecule has 96 valence electrons. The first-order chi connectivity index (χ1) is 9.17. The third-order valence-corrected chi connectivity index (χ3v) is 2.35. The van der Waals surface area contributed by atoms with E-state index in [2.05, 4.69) is 10.6 Å². The van der Waals surface area contributed by atoms with Gasteiger partial charge < -0.3 is 10.6 Å². The minimum Gasteiger partial charge on any atom is -0.389 e. The second kappa shape index (κ2) is 7.75. The molecule has 0 bridgehead atoms. The Labute approximate surface area is 116 Å². The summed E-state index contributed by atoms with van der Waals surface area (Å²) in [7, 11) is 0. The molecule has 0 radical (unpaired) electrons. The molecule has 0 aliphatic rings. The van der Waals surface area contributed by atoms with Gasteiger partial charge in [0.25, 0.3) is 5.91 Å². The van der Waals surface area contributed by atoms with Crippen molar-refractivity contribution in [3.8, 4) is 12.1 Å². The molecule has 0 unspecified atom stereocenters. The van der Waals surface area contributed by atoms with E-state index >= 15 is 0 Å². The molecule has 1 amide bonds. The number of hydrogen-bond donors (Lipinski definition) is 2. The van der Waals surface area contributed by atoms with Crippen LogP contribution in [0.15, 0.2) is 36.0 Å². The number of carbonyl (C=O) groups excluding carboxylic acids is 1. The van der Waals surface area contributed by atoms with Crippen molar-refractivity contribution in [2.24, 2.45) is 0 Å². The van der Waals surface area contributed by atoms with Gasteiger partial charge in [-0.3, -0.25) is 4.79 Å². The number of nitrogens with one attached hydrogen (secondary N) is 2. The van der Waals surface area contributed by atoms with Crippen molar-refractivity contribution in [2.75, 3.05) is 11.9 Å². The Kier molecular flexibility index (Phi) is 5.94.